The summed E-state index contributed by atoms with van der Waals surface area (Å²) < 4.78 is 0. The van der Waals surface area contributed by atoms with Crippen LogP contribution in [0.1, 0.15) is 20.8 Å². The van der Waals surface area contributed by atoms with Crippen LogP contribution in [-0.4, -0.2) is 16.5 Å². The second kappa shape index (κ2) is 4.82. The number of hydrogen-bond acceptors (Lipinski definition) is 3. The van der Waals surface area contributed by atoms with Crippen molar-refractivity contribution < 1.29 is 9.72 Å². The Balaban J connectivity index is 2.82. The van der Waals surface area contributed by atoms with Gasteiger partial charge < -0.3 is 10.6 Å². The average Bonchev–Trinajstić information content (AvgIpc) is 2.14. The maximum Gasteiger partial charge on any atom is 0.319 e. The SMILES string of the molecule is CC(C)(C)NC(=O)Nc1ccccc1[N+](=O)[O-]. The highest BCUT2D eigenvalue weighted by Crippen LogP contribution is 2.22. The Bertz CT molecular complexity index is 438. The molecule has 6 heteroatoms. The van der Waals surface area contributed by atoms with Gasteiger partial charge in [-0.1, -0.05) is 12.1 Å². The van der Waals surface area contributed by atoms with E-state index in [1.807, 2.05) is 20.8 Å². The average molecular weight is 237 g/mol. The van der Waals surface area contributed by atoms with Crippen LogP contribution in [0.5, 0.6) is 0 Å². The van der Waals surface area contributed by atoms with Gasteiger partial charge in [-0.05, 0) is 26.8 Å². The number of carbonyl (C=O) groups is 1. The minimum absolute atomic E-state index is 0.128. The van der Waals surface area contributed by atoms with Gasteiger partial charge in [0.15, 0.2) is 0 Å². The minimum atomic E-state index is -0.535. The molecule has 0 heterocycles. The van der Waals surface area contributed by atoms with Crippen molar-refractivity contribution in [3.05, 3.63) is 34.4 Å². The summed E-state index contributed by atoms with van der Waals surface area (Å²) in [6.07, 6.45) is 0. The Kier molecular flexibility index (Phi) is 3.67. The van der Waals surface area contributed by atoms with Crippen molar-refractivity contribution in [2.75, 3.05) is 5.32 Å². The fourth-order valence-corrected chi connectivity index (χ4v) is 1.23. The number of nitro benzene ring substituents is 1. The molecule has 0 fully saturated rings. The van der Waals surface area contributed by atoms with Gasteiger partial charge >= 0.3 is 6.03 Å². The first kappa shape index (κ1) is 13.0. The number of urea groups is 1. The lowest BCUT2D eigenvalue weighted by molar-refractivity contribution is -0.383. The lowest BCUT2D eigenvalue weighted by Crippen LogP contribution is -2.43. The second-order valence-corrected chi connectivity index (χ2v) is 4.60. The van der Waals surface area contributed by atoms with E-state index in [1.54, 1.807) is 12.1 Å². The van der Waals surface area contributed by atoms with Gasteiger partial charge in [0.25, 0.3) is 5.69 Å². The Morgan fingerprint density at radius 1 is 1.29 bits per heavy atom. The van der Waals surface area contributed by atoms with Gasteiger partial charge in [-0.15, -0.1) is 0 Å². The summed E-state index contributed by atoms with van der Waals surface area (Å²) in [5.74, 6) is 0. The van der Waals surface area contributed by atoms with Gasteiger partial charge in [0, 0.05) is 11.6 Å². The molecule has 0 saturated carbocycles. The molecule has 0 saturated heterocycles. The lowest BCUT2D eigenvalue weighted by atomic mass is 10.1. The molecule has 0 spiro atoms. The number of benzene rings is 1. The van der Waals surface area contributed by atoms with Crippen LogP contribution in [0, 0.1) is 10.1 Å². The lowest BCUT2D eigenvalue weighted by Gasteiger charge is -2.20. The topological polar surface area (TPSA) is 84.3 Å². The van der Waals surface area contributed by atoms with Crippen molar-refractivity contribution >= 4 is 17.4 Å². The van der Waals surface area contributed by atoms with Crippen LogP contribution in [0.3, 0.4) is 0 Å². The molecule has 0 aliphatic rings. The smallest absolute Gasteiger partial charge is 0.319 e. The predicted octanol–water partition coefficient (Wildman–Crippen LogP) is 2.51. The third kappa shape index (κ3) is 4.10. The van der Waals surface area contributed by atoms with Crippen molar-refractivity contribution in [1.82, 2.24) is 5.32 Å². The van der Waals surface area contributed by atoms with Crippen molar-refractivity contribution in [3.8, 4) is 0 Å². The Morgan fingerprint density at radius 3 is 2.41 bits per heavy atom. The molecule has 17 heavy (non-hydrogen) atoms. The molecule has 0 radical (unpaired) electrons. The summed E-state index contributed by atoms with van der Waals surface area (Å²) in [6, 6.07) is 5.53. The van der Waals surface area contributed by atoms with Crippen molar-refractivity contribution in [2.45, 2.75) is 26.3 Å². The molecule has 1 aromatic carbocycles. The van der Waals surface area contributed by atoms with Crippen molar-refractivity contribution in [2.24, 2.45) is 0 Å². The molecule has 0 atom stereocenters. The van der Waals surface area contributed by atoms with E-state index in [-0.39, 0.29) is 11.4 Å². The molecule has 0 aliphatic carbocycles. The first-order chi connectivity index (χ1) is 7.79. The van der Waals surface area contributed by atoms with Crippen molar-refractivity contribution in [1.29, 1.82) is 0 Å². The molecule has 0 aromatic heterocycles. The Hall–Kier alpha value is -2.11. The fraction of sp³-hybridized carbons (Fsp3) is 0.364. The fourth-order valence-electron chi connectivity index (χ4n) is 1.23. The van der Waals surface area contributed by atoms with E-state index in [0.29, 0.717) is 0 Å². The van der Waals surface area contributed by atoms with Gasteiger partial charge in [-0.2, -0.15) is 0 Å². The minimum Gasteiger partial charge on any atom is -0.333 e. The standard InChI is InChI=1S/C11H15N3O3/c1-11(2,3)13-10(15)12-8-6-4-5-7-9(8)14(16)17/h4-7H,1-3H3,(H2,12,13,15). The summed E-state index contributed by atoms with van der Waals surface area (Å²) >= 11 is 0. The number of nitrogens with zero attached hydrogens (tertiary/aromatic N) is 1. The largest absolute Gasteiger partial charge is 0.333 e. The normalized spacial score (nSPS) is 10.8. The van der Waals surface area contributed by atoms with Crippen LogP contribution in [0.15, 0.2) is 24.3 Å². The molecule has 2 N–H and O–H groups in total. The molecule has 2 amide bonds. The summed E-state index contributed by atoms with van der Waals surface area (Å²) in [4.78, 5) is 21.7. The third-order valence-electron chi connectivity index (χ3n) is 1.84. The molecule has 0 unspecified atom stereocenters. The molecular formula is C11H15N3O3. The zero-order valence-electron chi connectivity index (χ0n) is 9.98. The molecule has 1 aromatic rings. The molecular weight excluding hydrogens is 222 g/mol. The van der Waals surface area contributed by atoms with Crippen LogP contribution in [0.2, 0.25) is 0 Å². The quantitative estimate of drug-likeness (QED) is 0.612. The van der Waals surface area contributed by atoms with Gasteiger partial charge in [-0.3, -0.25) is 10.1 Å². The second-order valence-electron chi connectivity index (χ2n) is 4.60. The monoisotopic (exact) mass is 237 g/mol. The van der Waals surface area contributed by atoms with Gasteiger partial charge in [0.05, 0.1) is 4.92 Å². The summed E-state index contributed by atoms with van der Waals surface area (Å²) in [5.41, 5.74) is -0.344. The van der Waals surface area contributed by atoms with E-state index < -0.39 is 16.5 Å². The number of nitro groups is 1. The molecule has 0 aliphatic heterocycles. The third-order valence-corrected chi connectivity index (χ3v) is 1.84. The number of nitrogens with one attached hydrogen (secondary N) is 2. The summed E-state index contributed by atoms with van der Waals surface area (Å²) in [7, 11) is 0. The zero-order chi connectivity index (χ0) is 13.1. The Labute approximate surface area is 99.2 Å². The van der Waals surface area contributed by atoms with Gasteiger partial charge in [-0.25, -0.2) is 4.79 Å². The highest BCUT2D eigenvalue weighted by molar-refractivity contribution is 5.92. The van der Waals surface area contributed by atoms with Gasteiger partial charge in [0.1, 0.15) is 5.69 Å². The molecule has 92 valence electrons. The summed E-state index contributed by atoms with van der Waals surface area (Å²) in [6.45, 7) is 5.48. The highest BCUT2D eigenvalue weighted by atomic mass is 16.6. The number of rotatable bonds is 2. The van der Waals surface area contributed by atoms with Crippen LogP contribution in [0.4, 0.5) is 16.2 Å². The highest BCUT2D eigenvalue weighted by Gasteiger charge is 2.17. The number of anilines is 1. The first-order valence-electron chi connectivity index (χ1n) is 5.12. The maximum absolute atomic E-state index is 11.6. The predicted molar refractivity (Wildman–Crippen MR) is 65.0 cm³/mol. The van der Waals surface area contributed by atoms with Crippen LogP contribution < -0.4 is 10.6 Å². The van der Waals surface area contributed by atoms with E-state index in [4.69, 9.17) is 0 Å². The number of hydrogen-bond donors (Lipinski definition) is 2. The van der Waals surface area contributed by atoms with Crippen LogP contribution in [0.25, 0.3) is 0 Å². The zero-order valence-corrected chi connectivity index (χ0v) is 9.98. The van der Waals surface area contributed by atoms with E-state index in [1.165, 1.54) is 12.1 Å². The van der Waals surface area contributed by atoms with E-state index in [2.05, 4.69) is 10.6 Å². The van der Waals surface area contributed by atoms with Crippen LogP contribution >= 0.6 is 0 Å². The maximum atomic E-state index is 11.6. The van der Waals surface area contributed by atoms with E-state index in [0.717, 1.165) is 0 Å². The van der Waals surface area contributed by atoms with Crippen molar-refractivity contribution in [3.63, 3.8) is 0 Å². The molecule has 0 bridgehead atoms. The molecule has 1 rings (SSSR count). The van der Waals surface area contributed by atoms with E-state index in [9.17, 15) is 14.9 Å². The van der Waals surface area contributed by atoms with Crippen LogP contribution in [-0.2, 0) is 0 Å². The number of carbonyl (C=O) groups excluding carboxylic acids is 1. The Morgan fingerprint density at radius 2 is 1.88 bits per heavy atom. The summed E-state index contributed by atoms with van der Waals surface area (Å²) in [5, 5.41) is 15.8. The first-order valence-corrected chi connectivity index (χ1v) is 5.12. The number of amides is 2. The van der Waals surface area contributed by atoms with E-state index >= 15 is 0 Å². The van der Waals surface area contributed by atoms with Gasteiger partial charge in [0.2, 0.25) is 0 Å². The number of para-hydroxylation sites is 2. The molecule has 6 nitrogen and oxygen atoms in total.